The van der Waals surface area contributed by atoms with Gasteiger partial charge < -0.3 is 34.9 Å². The molecule has 0 bridgehead atoms. The summed E-state index contributed by atoms with van der Waals surface area (Å²) in [6.07, 6.45) is 12.5. The second-order valence-electron chi connectivity index (χ2n) is 18.6. The van der Waals surface area contributed by atoms with Crippen LogP contribution in [-0.4, -0.2) is 91.8 Å². The maximum Gasteiger partial charge on any atom is 0.306 e. The summed E-state index contributed by atoms with van der Waals surface area (Å²) in [6, 6.07) is 8.27. The fourth-order valence-corrected chi connectivity index (χ4v) is 12.5. The van der Waals surface area contributed by atoms with Gasteiger partial charge in [-0.15, -0.1) is 22.7 Å². The van der Waals surface area contributed by atoms with Crippen molar-refractivity contribution < 1.29 is 28.9 Å². The van der Waals surface area contributed by atoms with Crippen molar-refractivity contribution in [3.8, 4) is 11.5 Å². The number of carboxylic acid groups (broad SMARTS) is 1. The number of aliphatic carboxylic acids is 1. The highest BCUT2D eigenvalue weighted by molar-refractivity contribution is 7.19. The van der Waals surface area contributed by atoms with E-state index in [2.05, 4.69) is 58.8 Å². The summed E-state index contributed by atoms with van der Waals surface area (Å²) in [6.45, 7) is 11.8. The number of carbonyl (C=O) groups excluding carboxylic acids is 1. The van der Waals surface area contributed by atoms with Crippen molar-refractivity contribution in [3.05, 3.63) is 80.1 Å². The standard InChI is InChI=1S/C27H29N5O3S.C22H22N4O3S/c1-15(2)35-21-8-18-11-28-10-17(18)7-20(21)31-24-23-19-4-3-16(9-22(19)36-25(23)30-14-29-24)26(33)32-12-27(13-32)5-6-34-27;1-11(2)29-17-6-14-9-23-8-13(14)5-16(17)26-20-19-15-4-3-12(22(27)28)7-18(15)30-21(19)25-10-24-20/h7-8,10,14-16H,3-6,9,11-13H2,1-2H3,(H,29,30,31);5-6,8,10-12H,3-4,7,9H2,1-2H3,(H,27,28)(H,24,25,26). The molecule has 8 heterocycles. The van der Waals surface area contributed by atoms with Crippen molar-refractivity contribution in [1.82, 2.24) is 24.8 Å². The van der Waals surface area contributed by atoms with Gasteiger partial charge in [0.15, 0.2) is 0 Å². The van der Waals surface area contributed by atoms with Gasteiger partial charge in [-0.3, -0.25) is 19.6 Å². The quantitative estimate of drug-likeness (QED) is 0.119. The molecule has 2 aromatic carbocycles. The smallest absolute Gasteiger partial charge is 0.306 e. The Morgan fingerprint density at radius 3 is 1.73 bits per heavy atom. The molecule has 1 spiro atoms. The summed E-state index contributed by atoms with van der Waals surface area (Å²) in [5.74, 6) is 2.37. The number of hydrogen-bond acceptors (Lipinski definition) is 15. The zero-order chi connectivity index (χ0) is 45.3. The number of carbonyl (C=O) groups is 2. The van der Waals surface area contributed by atoms with E-state index < -0.39 is 5.97 Å². The first-order valence-corrected chi connectivity index (χ1v) is 24.5. The van der Waals surface area contributed by atoms with Crippen LogP contribution in [0.1, 0.15) is 90.1 Å². The number of aromatic nitrogens is 4. The molecule has 2 atom stereocenters. The van der Waals surface area contributed by atoms with Crippen LogP contribution in [0.15, 0.2) is 46.9 Å². The number of thiophene rings is 2. The number of nitrogens with zero attached hydrogens (tertiary/aromatic N) is 7. The molecule has 0 radical (unpaired) electrons. The number of benzene rings is 2. The Morgan fingerprint density at radius 2 is 1.26 bits per heavy atom. The van der Waals surface area contributed by atoms with Crippen molar-refractivity contribution in [2.24, 2.45) is 21.8 Å². The number of hydrogen-bond donors (Lipinski definition) is 3. The van der Waals surface area contributed by atoms with Gasteiger partial charge in [0, 0.05) is 34.5 Å². The molecular formula is C49H51N9O6S2. The second-order valence-corrected chi connectivity index (χ2v) is 20.8. The van der Waals surface area contributed by atoms with Gasteiger partial charge in [-0.1, -0.05) is 0 Å². The molecule has 2 fully saturated rings. The molecule has 0 saturated carbocycles. The minimum Gasteiger partial charge on any atom is -0.489 e. The van der Waals surface area contributed by atoms with Crippen molar-refractivity contribution in [2.75, 3.05) is 30.3 Å². The maximum atomic E-state index is 13.2. The van der Waals surface area contributed by atoms with E-state index in [1.807, 2.05) is 51.1 Å². The number of carboxylic acids is 1. The van der Waals surface area contributed by atoms with Crippen LogP contribution in [0.25, 0.3) is 20.4 Å². The molecule has 1 amide bonds. The molecule has 17 heteroatoms. The van der Waals surface area contributed by atoms with Crippen molar-refractivity contribution in [3.63, 3.8) is 0 Å². The molecule has 2 unspecified atom stereocenters. The topological polar surface area (TPSA) is 186 Å². The number of ether oxygens (including phenoxy) is 3. The molecule has 2 aliphatic carbocycles. The van der Waals surface area contributed by atoms with Gasteiger partial charge in [0.25, 0.3) is 0 Å². The molecular weight excluding hydrogens is 875 g/mol. The fourth-order valence-electron chi connectivity index (χ4n) is 9.96. The molecule has 3 N–H and O–H groups in total. The number of fused-ring (bicyclic) bond motifs is 8. The molecule has 4 aromatic heterocycles. The van der Waals surface area contributed by atoms with Gasteiger partial charge in [0.1, 0.15) is 51.1 Å². The van der Waals surface area contributed by atoms with Gasteiger partial charge >= 0.3 is 5.97 Å². The van der Waals surface area contributed by atoms with E-state index >= 15 is 0 Å². The second kappa shape index (κ2) is 17.0. The molecule has 6 aliphatic rings. The van der Waals surface area contributed by atoms with Crippen LogP contribution in [0.4, 0.5) is 23.0 Å². The lowest BCUT2D eigenvalue weighted by Gasteiger charge is -2.55. The van der Waals surface area contributed by atoms with Gasteiger partial charge in [-0.25, -0.2) is 19.9 Å². The predicted octanol–water partition coefficient (Wildman–Crippen LogP) is 8.60. The first-order chi connectivity index (χ1) is 32.0. The fraction of sp³-hybridized carbons (Fsp3) is 0.429. The van der Waals surface area contributed by atoms with E-state index in [0.29, 0.717) is 25.9 Å². The first-order valence-electron chi connectivity index (χ1n) is 22.8. The largest absolute Gasteiger partial charge is 0.489 e. The average molecular weight is 926 g/mol. The predicted molar refractivity (Wildman–Crippen MR) is 257 cm³/mol. The summed E-state index contributed by atoms with van der Waals surface area (Å²) >= 11 is 3.27. The number of anilines is 4. The highest BCUT2D eigenvalue weighted by Gasteiger charge is 2.52. The van der Waals surface area contributed by atoms with Crippen molar-refractivity contribution in [1.29, 1.82) is 0 Å². The Hall–Kier alpha value is -6.04. The molecule has 6 aromatic rings. The Morgan fingerprint density at radius 1 is 0.758 bits per heavy atom. The molecule has 66 heavy (non-hydrogen) atoms. The third-order valence-electron chi connectivity index (χ3n) is 13.3. The highest BCUT2D eigenvalue weighted by Crippen LogP contribution is 2.45. The van der Waals surface area contributed by atoms with E-state index in [1.54, 1.807) is 35.3 Å². The van der Waals surface area contributed by atoms with Crippen LogP contribution in [0.2, 0.25) is 0 Å². The Balaban J connectivity index is 0.000000148. The molecule has 2 saturated heterocycles. The van der Waals surface area contributed by atoms with E-state index in [4.69, 9.17) is 14.2 Å². The lowest BCUT2D eigenvalue weighted by atomic mass is 9.82. The van der Waals surface area contributed by atoms with Crippen LogP contribution in [0.5, 0.6) is 11.5 Å². The van der Waals surface area contributed by atoms with E-state index in [9.17, 15) is 14.7 Å². The summed E-state index contributed by atoms with van der Waals surface area (Å²) in [7, 11) is 0. The summed E-state index contributed by atoms with van der Waals surface area (Å²) in [5, 5.41) is 18.5. The van der Waals surface area contributed by atoms with Gasteiger partial charge in [0.2, 0.25) is 5.91 Å². The zero-order valence-corrected chi connectivity index (χ0v) is 39.0. The molecule has 15 nitrogen and oxygen atoms in total. The monoisotopic (exact) mass is 925 g/mol. The van der Waals surface area contributed by atoms with Gasteiger partial charge in [-0.05, 0) is 124 Å². The summed E-state index contributed by atoms with van der Waals surface area (Å²) in [5.41, 5.74) is 8.65. The van der Waals surface area contributed by atoms with Gasteiger partial charge in [-0.2, -0.15) is 0 Å². The third kappa shape index (κ3) is 7.93. The Labute approximate surface area is 389 Å². The van der Waals surface area contributed by atoms with E-state index in [1.165, 1.54) is 21.6 Å². The number of aliphatic imine (C=N–C) groups is 2. The van der Waals surface area contributed by atoms with Crippen LogP contribution in [0.3, 0.4) is 0 Å². The van der Waals surface area contributed by atoms with Crippen LogP contribution in [-0.2, 0) is 53.1 Å². The van der Waals surface area contributed by atoms with E-state index in [-0.39, 0.29) is 35.6 Å². The lowest BCUT2D eigenvalue weighted by Crippen LogP contribution is -2.70. The van der Waals surface area contributed by atoms with Crippen LogP contribution < -0.4 is 20.1 Å². The normalized spacial score (nSPS) is 19.5. The summed E-state index contributed by atoms with van der Waals surface area (Å²) in [4.78, 5) is 57.8. The summed E-state index contributed by atoms with van der Waals surface area (Å²) < 4.78 is 17.9. The van der Waals surface area contributed by atoms with Crippen molar-refractivity contribution >= 4 is 90.4 Å². The minimum absolute atomic E-state index is 0.0230. The van der Waals surface area contributed by atoms with E-state index in [0.717, 1.165) is 128 Å². The Bertz CT molecular complexity index is 2980. The number of nitrogens with one attached hydrogen (secondary N) is 2. The zero-order valence-electron chi connectivity index (χ0n) is 37.3. The molecule has 4 aliphatic heterocycles. The number of rotatable bonds is 10. The SMILES string of the molecule is CC(C)Oc1cc2c(cc1Nc1ncnc3sc4c(c13)CCC(C(=O)N1CC3(CCO3)C1)C4)C=NC2.CC(C)Oc1cc2c(cc1Nc1ncnc3sc4c(c13)CCC(C(=O)O)C4)C=NC2. The number of amides is 1. The number of aryl methyl sites for hydroxylation is 2. The van der Waals surface area contributed by atoms with Crippen LogP contribution >= 0.6 is 22.7 Å². The molecule has 340 valence electrons. The first kappa shape index (κ1) is 42.6. The molecule has 12 rings (SSSR count). The highest BCUT2D eigenvalue weighted by atomic mass is 32.1. The Kier molecular flexibility index (Phi) is 11.0. The maximum absolute atomic E-state index is 13.2. The lowest BCUT2D eigenvalue weighted by molar-refractivity contribution is -0.223. The number of likely N-dealkylation sites (tertiary alicyclic amines) is 1. The van der Waals surface area contributed by atoms with Gasteiger partial charge in [0.05, 0.1) is 73.1 Å². The minimum atomic E-state index is -0.724. The average Bonchev–Trinajstić information content (AvgIpc) is 4.07. The third-order valence-corrected chi connectivity index (χ3v) is 15.6. The van der Waals surface area contributed by atoms with Crippen LogP contribution in [0, 0.1) is 11.8 Å². The van der Waals surface area contributed by atoms with Crippen molar-refractivity contribution in [2.45, 2.75) is 104 Å².